The lowest BCUT2D eigenvalue weighted by molar-refractivity contribution is -0.157. The number of esters is 2. The Morgan fingerprint density at radius 3 is 2.57 bits per heavy atom. The van der Waals surface area contributed by atoms with Gasteiger partial charge in [0.15, 0.2) is 5.78 Å². The second-order valence-corrected chi connectivity index (χ2v) is 6.08. The largest absolute Gasteiger partial charge is 0.469 e. The molecule has 2 fully saturated rings. The van der Waals surface area contributed by atoms with E-state index >= 15 is 0 Å². The first-order valence-electron chi connectivity index (χ1n) is 6.58. The zero-order chi connectivity index (χ0) is 15.1. The highest BCUT2D eigenvalue weighted by molar-refractivity contribution is 8.03. The fraction of sp³-hybridized carbons (Fsp3) is 0.500. The predicted octanol–water partition coefficient (Wildman–Crippen LogP) is 0.345. The van der Waals surface area contributed by atoms with Crippen LogP contribution in [0.5, 0.6) is 0 Å². The first-order valence-corrected chi connectivity index (χ1v) is 7.56. The average molecular weight is 309 g/mol. The molecule has 4 atom stereocenters. The van der Waals surface area contributed by atoms with Gasteiger partial charge in [-0.3, -0.25) is 14.4 Å². The van der Waals surface area contributed by atoms with Crippen molar-refractivity contribution in [3.05, 3.63) is 23.3 Å². The molecule has 3 heterocycles. The Kier molecular flexibility index (Phi) is 3.52. The summed E-state index contributed by atoms with van der Waals surface area (Å²) in [6, 6.07) is -0.993. The van der Waals surface area contributed by atoms with E-state index < -0.39 is 29.8 Å². The van der Waals surface area contributed by atoms with Gasteiger partial charge in [0, 0.05) is 0 Å². The summed E-state index contributed by atoms with van der Waals surface area (Å²) < 4.78 is 9.68. The number of hydrogen-bond acceptors (Lipinski definition) is 7. The summed E-state index contributed by atoms with van der Waals surface area (Å²) in [5, 5.41) is 0.910. The molecule has 0 N–H and O–H groups in total. The van der Waals surface area contributed by atoms with Gasteiger partial charge < -0.3 is 14.4 Å². The van der Waals surface area contributed by atoms with Gasteiger partial charge in [0.25, 0.3) is 0 Å². The predicted molar refractivity (Wildman–Crippen MR) is 75.1 cm³/mol. The van der Waals surface area contributed by atoms with E-state index in [1.54, 1.807) is 0 Å². The normalized spacial score (nSPS) is 33.3. The maximum atomic E-state index is 12.3. The molecule has 0 bridgehead atoms. The minimum absolute atomic E-state index is 0.0562. The molecule has 3 aliphatic rings. The number of methoxy groups -OCH3 is 2. The van der Waals surface area contributed by atoms with E-state index in [0.717, 1.165) is 5.03 Å². The number of thioether (sulfide) groups is 1. The topological polar surface area (TPSA) is 72.9 Å². The van der Waals surface area contributed by atoms with Crippen LogP contribution in [0.25, 0.3) is 0 Å². The van der Waals surface area contributed by atoms with Crippen LogP contribution in [0.2, 0.25) is 0 Å². The van der Waals surface area contributed by atoms with Crippen molar-refractivity contribution in [3.63, 3.8) is 0 Å². The van der Waals surface area contributed by atoms with Gasteiger partial charge in [-0.25, -0.2) is 0 Å². The number of carbonyl (C=O) groups excluding carboxylic acids is 3. The van der Waals surface area contributed by atoms with Gasteiger partial charge in [0.05, 0.1) is 42.9 Å². The summed E-state index contributed by atoms with van der Waals surface area (Å²) >= 11 is 1.43. The number of rotatable bonds is 2. The van der Waals surface area contributed by atoms with E-state index in [1.165, 1.54) is 26.0 Å². The third kappa shape index (κ3) is 1.98. The number of hydrogen-bond donors (Lipinski definition) is 0. The summed E-state index contributed by atoms with van der Waals surface area (Å²) in [6.45, 7) is 0. The number of nitrogens with zero attached hydrogens (tertiary/aromatic N) is 1. The fourth-order valence-corrected chi connectivity index (χ4v) is 4.34. The van der Waals surface area contributed by atoms with Crippen molar-refractivity contribution in [2.75, 3.05) is 20.0 Å². The van der Waals surface area contributed by atoms with Crippen LogP contribution in [0.3, 0.4) is 0 Å². The average Bonchev–Trinajstić information content (AvgIpc) is 2.86. The van der Waals surface area contributed by atoms with Gasteiger partial charge in [-0.1, -0.05) is 12.2 Å². The smallest absolute Gasteiger partial charge is 0.312 e. The van der Waals surface area contributed by atoms with Crippen LogP contribution in [0.1, 0.15) is 0 Å². The molecular formula is C14H15NO5S. The Bertz CT molecular complexity index is 570. The molecule has 0 aromatic rings. The fourth-order valence-electron chi connectivity index (χ4n) is 3.32. The first kappa shape index (κ1) is 14.2. The highest BCUT2D eigenvalue weighted by Gasteiger charge is 2.60. The van der Waals surface area contributed by atoms with Crippen LogP contribution in [0.15, 0.2) is 23.3 Å². The Morgan fingerprint density at radius 2 is 1.90 bits per heavy atom. The molecule has 6 nitrogen and oxygen atoms in total. The van der Waals surface area contributed by atoms with Gasteiger partial charge in [-0.15, -0.1) is 11.8 Å². The molecule has 0 aromatic carbocycles. The van der Waals surface area contributed by atoms with Crippen LogP contribution in [-0.2, 0) is 23.9 Å². The van der Waals surface area contributed by atoms with Crippen molar-refractivity contribution in [2.45, 2.75) is 12.1 Å². The zero-order valence-electron chi connectivity index (χ0n) is 11.6. The Hall–Kier alpha value is -1.76. The van der Waals surface area contributed by atoms with E-state index in [2.05, 4.69) is 0 Å². The molecule has 0 aromatic heterocycles. The summed E-state index contributed by atoms with van der Waals surface area (Å²) in [5.74, 6) is -2.35. The van der Waals surface area contributed by atoms with Gasteiger partial charge in [0.1, 0.15) is 6.04 Å². The molecule has 0 radical (unpaired) electrons. The maximum Gasteiger partial charge on any atom is 0.312 e. The molecule has 0 aliphatic carbocycles. The first-order chi connectivity index (χ1) is 10.1. The van der Waals surface area contributed by atoms with Crippen LogP contribution >= 0.6 is 11.8 Å². The van der Waals surface area contributed by atoms with Crippen LogP contribution in [-0.4, -0.2) is 54.7 Å². The van der Waals surface area contributed by atoms with Crippen molar-refractivity contribution < 1.29 is 23.9 Å². The molecule has 21 heavy (non-hydrogen) atoms. The molecule has 0 amide bonds. The van der Waals surface area contributed by atoms with E-state index in [-0.39, 0.29) is 11.8 Å². The van der Waals surface area contributed by atoms with E-state index in [0.29, 0.717) is 5.75 Å². The van der Waals surface area contributed by atoms with Crippen molar-refractivity contribution >= 4 is 29.5 Å². The second-order valence-electron chi connectivity index (χ2n) is 5.09. The summed E-state index contributed by atoms with van der Waals surface area (Å²) in [6.07, 6.45) is 5.58. The third-order valence-electron chi connectivity index (χ3n) is 4.16. The molecule has 2 unspecified atom stereocenters. The lowest BCUT2D eigenvalue weighted by Crippen LogP contribution is -2.47. The lowest BCUT2D eigenvalue weighted by atomic mass is 9.85. The highest BCUT2D eigenvalue weighted by Crippen LogP contribution is 2.47. The molecule has 0 spiro atoms. The lowest BCUT2D eigenvalue weighted by Gasteiger charge is -2.37. The zero-order valence-corrected chi connectivity index (χ0v) is 12.5. The summed E-state index contributed by atoms with van der Waals surface area (Å²) in [7, 11) is 2.55. The molecule has 7 heteroatoms. The number of ether oxygens (including phenoxy) is 2. The minimum Gasteiger partial charge on any atom is -0.469 e. The Morgan fingerprint density at radius 1 is 1.24 bits per heavy atom. The Labute approximate surface area is 126 Å². The monoisotopic (exact) mass is 309 g/mol. The summed E-state index contributed by atoms with van der Waals surface area (Å²) in [4.78, 5) is 38.5. The molecule has 112 valence electrons. The standard InChI is InChI=1S/C14H15NO5S/c1-19-13(17)10-7-4-3-5-9-15(7)12(8(16)6-21-9)11(10)14(18)20-2/h3-5,7,10-12H,6H2,1-2H3/t7?,10-,11+,12?/m0/s1. The van der Waals surface area contributed by atoms with Crippen molar-refractivity contribution in [2.24, 2.45) is 11.8 Å². The highest BCUT2D eigenvalue weighted by atomic mass is 32.2. The molecule has 3 aliphatic heterocycles. The van der Waals surface area contributed by atoms with E-state index in [4.69, 9.17) is 9.47 Å². The number of ketones is 1. The summed E-state index contributed by atoms with van der Waals surface area (Å²) in [5.41, 5.74) is 0. The molecule has 0 saturated carbocycles. The van der Waals surface area contributed by atoms with Crippen LogP contribution in [0.4, 0.5) is 0 Å². The Balaban J connectivity index is 2.09. The van der Waals surface area contributed by atoms with Crippen molar-refractivity contribution in [3.8, 4) is 0 Å². The van der Waals surface area contributed by atoms with Gasteiger partial charge in [0.2, 0.25) is 0 Å². The number of allylic oxidation sites excluding steroid dienone is 2. The second kappa shape index (κ2) is 5.22. The van der Waals surface area contributed by atoms with E-state index in [9.17, 15) is 14.4 Å². The van der Waals surface area contributed by atoms with Crippen LogP contribution < -0.4 is 0 Å². The van der Waals surface area contributed by atoms with Crippen molar-refractivity contribution in [1.29, 1.82) is 0 Å². The quantitative estimate of drug-likeness (QED) is 0.681. The third-order valence-corrected chi connectivity index (χ3v) is 5.23. The van der Waals surface area contributed by atoms with Gasteiger partial charge in [-0.2, -0.15) is 0 Å². The number of Topliss-reactive ketones (excluding diaryl/α,β-unsaturated/α-hetero) is 1. The van der Waals surface area contributed by atoms with Crippen LogP contribution in [0, 0.1) is 11.8 Å². The molecular weight excluding hydrogens is 294 g/mol. The van der Waals surface area contributed by atoms with Gasteiger partial charge >= 0.3 is 11.9 Å². The molecule has 3 rings (SSSR count). The maximum absolute atomic E-state index is 12.3. The minimum atomic E-state index is -0.827. The van der Waals surface area contributed by atoms with E-state index in [1.807, 2.05) is 23.1 Å². The van der Waals surface area contributed by atoms with Gasteiger partial charge in [-0.05, 0) is 6.08 Å². The molecule has 2 saturated heterocycles. The SMILES string of the molecule is COC(=O)[C@H]1C2C=CC=C3SCC(=O)C([C@@H]1C(=O)OC)N32. The van der Waals surface area contributed by atoms with Crippen molar-refractivity contribution in [1.82, 2.24) is 4.90 Å². The number of carbonyl (C=O) groups is 3.